The molecule has 0 aliphatic heterocycles. The van der Waals surface area contributed by atoms with Gasteiger partial charge in [-0.25, -0.2) is 0 Å². The highest BCUT2D eigenvalue weighted by molar-refractivity contribution is 7.86. The summed E-state index contributed by atoms with van der Waals surface area (Å²) < 4.78 is 29.9. The lowest BCUT2D eigenvalue weighted by molar-refractivity contribution is 0.483. The average molecular weight is 300 g/mol. The first-order valence-corrected chi connectivity index (χ1v) is 5.03. The zero-order chi connectivity index (χ0) is 9.35. The predicted molar refractivity (Wildman–Crippen MR) is 60.8 cm³/mol. The summed E-state index contributed by atoms with van der Waals surface area (Å²) in [4.78, 5) is -0.378. The van der Waals surface area contributed by atoms with Gasteiger partial charge in [-0.1, -0.05) is 23.2 Å². The normalized spacial score (nSPS) is 9.93. The molecule has 14 heavy (non-hydrogen) atoms. The highest BCUT2D eigenvalue weighted by atomic mass is 35.5. The Kier molecular flexibility index (Phi) is 7.16. The molecule has 8 heteroatoms. The first kappa shape index (κ1) is 16.7. The Morgan fingerprint density at radius 2 is 1.64 bits per heavy atom. The van der Waals surface area contributed by atoms with Gasteiger partial charge >= 0.3 is 0 Å². The van der Waals surface area contributed by atoms with E-state index in [2.05, 4.69) is 0 Å². The molecule has 0 radical (unpaired) electrons. The fourth-order valence-corrected chi connectivity index (χ4v) is 1.91. The van der Waals surface area contributed by atoms with Gasteiger partial charge in [0.05, 0.1) is 5.02 Å². The number of hydrogen-bond donors (Lipinski definition) is 1. The van der Waals surface area contributed by atoms with Crippen LogP contribution < -0.4 is 0 Å². The molecule has 0 atom stereocenters. The Morgan fingerprint density at radius 3 is 2.00 bits per heavy atom. The van der Waals surface area contributed by atoms with Crippen LogP contribution in [0.15, 0.2) is 23.1 Å². The summed E-state index contributed by atoms with van der Waals surface area (Å²) in [7, 11) is -4.27. The fourth-order valence-electron chi connectivity index (χ4n) is 0.675. The lowest BCUT2D eigenvalue weighted by Gasteiger charge is -1.99. The van der Waals surface area contributed by atoms with Crippen molar-refractivity contribution < 1.29 is 13.0 Å². The maximum Gasteiger partial charge on any atom is 0.296 e. The van der Waals surface area contributed by atoms with Gasteiger partial charge in [0.15, 0.2) is 0 Å². The van der Waals surface area contributed by atoms with E-state index < -0.39 is 10.1 Å². The van der Waals surface area contributed by atoms with E-state index in [0.717, 1.165) is 6.07 Å². The van der Waals surface area contributed by atoms with E-state index in [1.807, 2.05) is 0 Å². The molecular weight excluding hydrogens is 294 g/mol. The predicted octanol–water partition coefficient (Wildman–Crippen LogP) is 3.08. The van der Waals surface area contributed by atoms with Crippen molar-refractivity contribution in [1.29, 1.82) is 0 Å². The second-order valence-corrected chi connectivity index (χ2v) is 4.28. The zero-order valence-corrected chi connectivity index (χ0v) is 10.4. The smallest absolute Gasteiger partial charge is 0.282 e. The second-order valence-electron chi connectivity index (χ2n) is 2.05. The Bertz CT molecular complexity index is 404. The Labute approximate surface area is 104 Å². The van der Waals surface area contributed by atoms with Gasteiger partial charge < -0.3 is 0 Å². The van der Waals surface area contributed by atoms with Gasteiger partial charge in [0.1, 0.15) is 4.90 Å². The Morgan fingerprint density at radius 1 is 1.14 bits per heavy atom. The van der Waals surface area contributed by atoms with Crippen molar-refractivity contribution in [2.75, 3.05) is 0 Å². The molecule has 1 rings (SSSR count). The summed E-state index contributed by atoms with van der Waals surface area (Å²) in [6.07, 6.45) is 0. The number of hydrogen-bond acceptors (Lipinski definition) is 2. The molecule has 1 N–H and O–H groups in total. The lowest BCUT2D eigenvalue weighted by Crippen LogP contribution is -1.98. The molecule has 0 heterocycles. The van der Waals surface area contributed by atoms with Crippen LogP contribution in [0.2, 0.25) is 10.0 Å². The zero-order valence-electron chi connectivity index (χ0n) is 6.48. The third-order valence-corrected chi connectivity index (χ3v) is 2.74. The van der Waals surface area contributed by atoms with Gasteiger partial charge in [0.25, 0.3) is 10.1 Å². The molecule has 0 amide bonds. The van der Waals surface area contributed by atoms with Crippen molar-refractivity contribution in [1.82, 2.24) is 0 Å². The van der Waals surface area contributed by atoms with Crippen LogP contribution in [-0.4, -0.2) is 13.0 Å². The molecular formula is C6H6Cl4O3S. The minimum Gasteiger partial charge on any atom is -0.282 e. The van der Waals surface area contributed by atoms with Crippen LogP contribution in [0.25, 0.3) is 0 Å². The van der Waals surface area contributed by atoms with Crippen LogP contribution in [-0.2, 0) is 10.1 Å². The highest BCUT2D eigenvalue weighted by Gasteiger charge is 2.14. The Hall–Kier alpha value is 0.290. The minimum atomic E-state index is -4.27. The monoisotopic (exact) mass is 298 g/mol. The summed E-state index contributed by atoms with van der Waals surface area (Å²) in [6.45, 7) is 0. The average Bonchev–Trinajstić information content (AvgIpc) is 1.92. The largest absolute Gasteiger partial charge is 0.296 e. The van der Waals surface area contributed by atoms with Crippen LogP contribution in [0.5, 0.6) is 0 Å². The second kappa shape index (κ2) is 6.00. The van der Waals surface area contributed by atoms with Gasteiger partial charge in [-0.05, 0) is 18.2 Å². The lowest BCUT2D eigenvalue weighted by atomic mass is 10.4. The summed E-state index contributed by atoms with van der Waals surface area (Å²) in [6, 6.07) is 3.81. The van der Waals surface area contributed by atoms with Crippen molar-refractivity contribution in [3.05, 3.63) is 28.2 Å². The highest BCUT2D eigenvalue weighted by Crippen LogP contribution is 2.24. The molecule has 82 valence electrons. The SMILES string of the molecule is Cl.Cl.O=S(=O)(O)c1cc(Cl)ccc1Cl. The van der Waals surface area contributed by atoms with E-state index in [4.69, 9.17) is 27.8 Å². The number of benzene rings is 1. The van der Waals surface area contributed by atoms with Crippen molar-refractivity contribution >= 4 is 58.1 Å². The molecule has 0 spiro atoms. The van der Waals surface area contributed by atoms with Gasteiger partial charge in [0.2, 0.25) is 0 Å². The van der Waals surface area contributed by atoms with Crippen molar-refractivity contribution in [3.8, 4) is 0 Å². The molecule has 0 saturated carbocycles. The minimum absolute atomic E-state index is 0. The fraction of sp³-hybridized carbons (Fsp3) is 0. The van der Waals surface area contributed by atoms with Crippen LogP contribution in [0.1, 0.15) is 0 Å². The molecule has 0 bridgehead atoms. The van der Waals surface area contributed by atoms with E-state index in [-0.39, 0.29) is 39.8 Å². The third kappa shape index (κ3) is 4.21. The maximum absolute atomic E-state index is 10.6. The molecule has 1 aromatic rings. The first-order chi connectivity index (χ1) is 5.41. The van der Waals surface area contributed by atoms with Crippen molar-refractivity contribution in [2.45, 2.75) is 4.90 Å². The van der Waals surface area contributed by atoms with Crippen LogP contribution in [0.4, 0.5) is 0 Å². The number of halogens is 4. The molecule has 0 unspecified atom stereocenters. The molecule has 0 fully saturated rings. The standard InChI is InChI=1S/C6H4Cl2O3S.2ClH/c7-4-1-2-5(8)6(3-4)12(9,10)11;;/h1-3H,(H,9,10,11);2*1H. The summed E-state index contributed by atoms with van der Waals surface area (Å²) >= 11 is 11.0. The van der Waals surface area contributed by atoms with Gasteiger partial charge in [-0.3, -0.25) is 4.55 Å². The molecule has 3 nitrogen and oxygen atoms in total. The maximum atomic E-state index is 10.6. The topological polar surface area (TPSA) is 54.4 Å². The molecule has 1 aromatic carbocycles. The number of rotatable bonds is 1. The molecule has 0 aromatic heterocycles. The van der Waals surface area contributed by atoms with Crippen molar-refractivity contribution in [3.63, 3.8) is 0 Å². The van der Waals surface area contributed by atoms with Gasteiger partial charge in [-0.2, -0.15) is 8.42 Å². The van der Waals surface area contributed by atoms with E-state index in [0.29, 0.717) is 0 Å². The molecule has 0 saturated heterocycles. The molecule has 0 aliphatic rings. The van der Waals surface area contributed by atoms with E-state index in [9.17, 15) is 8.42 Å². The quantitative estimate of drug-likeness (QED) is 0.811. The van der Waals surface area contributed by atoms with Crippen LogP contribution in [0, 0.1) is 0 Å². The third-order valence-electron chi connectivity index (χ3n) is 1.17. The van der Waals surface area contributed by atoms with E-state index in [1.54, 1.807) is 0 Å². The van der Waals surface area contributed by atoms with E-state index >= 15 is 0 Å². The Balaban J connectivity index is 0. The summed E-state index contributed by atoms with van der Waals surface area (Å²) in [5.41, 5.74) is 0. The van der Waals surface area contributed by atoms with Crippen molar-refractivity contribution in [2.24, 2.45) is 0 Å². The van der Waals surface area contributed by atoms with E-state index in [1.165, 1.54) is 12.1 Å². The molecule has 0 aliphatic carbocycles. The summed E-state index contributed by atoms with van der Waals surface area (Å²) in [5, 5.41) is 0.147. The van der Waals surface area contributed by atoms with Gasteiger partial charge in [-0.15, -0.1) is 24.8 Å². The van der Waals surface area contributed by atoms with Crippen LogP contribution in [0.3, 0.4) is 0 Å². The van der Waals surface area contributed by atoms with Crippen LogP contribution >= 0.6 is 48.0 Å². The van der Waals surface area contributed by atoms with Gasteiger partial charge in [0, 0.05) is 5.02 Å². The summed E-state index contributed by atoms with van der Waals surface area (Å²) in [5.74, 6) is 0. The first-order valence-electron chi connectivity index (χ1n) is 2.84.